The molecule has 0 spiro atoms. The zero-order chi connectivity index (χ0) is 22.1. The summed E-state index contributed by atoms with van der Waals surface area (Å²) in [6.07, 6.45) is 2.20. The molecule has 9 heteroatoms. The van der Waals surface area contributed by atoms with Crippen molar-refractivity contribution < 1.29 is 22.7 Å². The predicted molar refractivity (Wildman–Crippen MR) is 117 cm³/mol. The molecule has 0 radical (unpaired) electrons. The van der Waals surface area contributed by atoms with E-state index >= 15 is 0 Å². The van der Waals surface area contributed by atoms with Gasteiger partial charge in [-0.1, -0.05) is 24.3 Å². The number of carbonyl (C=O) groups is 1. The average Bonchev–Trinajstić information content (AvgIpc) is 2.77. The molecule has 1 amide bonds. The first-order chi connectivity index (χ1) is 15.0. The summed E-state index contributed by atoms with van der Waals surface area (Å²) in [7, 11) is -2.14. The van der Waals surface area contributed by atoms with E-state index in [-0.39, 0.29) is 22.2 Å². The Balaban J connectivity index is 1.74. The van der Waals surface area contributed by atoms with Crippen molar-refractivity contribution in [3.8, 4) is 11.6 Å². The number of hydrogen-bond acceptors (Lipinski definition) is 6. The lowest BCUT2D eigenvalue weighted by molar-refractivity contribution is 0.0945. The van der Waals surface area contributed by atoms with E-state index < -0.39 is 10.0 Å². The summed E-state index contributed by atoms with van der Waals surface area (Å²) >= 11 is 0. The number of rotatable bonds is 10. The number of carbonyl (C=O) groups excluding carboxylic acids is 1. The topological polar surface area (TPSA) is 107 Å². The summed E-state index contributed by atoms with van der Waals surface area (Å²) < 4.78 is 38.3. The molecule has 31 heavy (non-hydrogen) atoms. The first-order valence-corrected chi connectivity index (χ1v) is 11.1. The van der Waals surface area contributed by atoms with Crippen molar-refractivity contribution in [1.82, 2.24) is 10.3 Å². The van der Waals surface area contributed by atoms with E-state index in [9.17, 15) is 13.2 Å². The average molecular weight is 442 g/mol. The van der Waals surface area contributed by atoms with Crippen LogP contribution in [0.1, 0.15) is 16.8 Å². The van der Waals surface area contributed by atoms with Crippen molar-refractivity contribution in [3.63, 3.8) is 0 Å². The molecule has 3 aromatic rings. The third-order valence-corrected chi connectivity index (χ3v) is 5.58. The van der Waals surface area contributed by atoms with Gasteiger partial charge >= 0.3 is 0 Å². The van der Waals surface area contributed by atoms with Crippen molar-refractivity contribution in [2.75, 3.05) is 25.0 Å². The Morgan fingerprint density at radius 1 is 1.03 bits per heavy atom. The van der Waals surface area contributed by atoms with Gasteiger partial charge in [-0.05, 0) is 42.8 Å². The number of amides is 1. The van der Waals surface area contributed by atoms with Gasteiger partial charge in [-0.15, -0.1) is 0 Å². The minimum absolute atomic E-state index is 0.120. The lowest BCUT2D eigenvalue weighted by Crippen LogP contribution is -2.25. The van der Waals surface area contributed by atoms with Crippen LogP contribution in [-0.4, -0.2) is 39.6 Å². The molecule has 0 saturated carbocycles. The first kappa shape index (κ1) is 22.3. The number of benzene rings is 2. The Kier molecular flexibility index (Phi) is 7.58. The summed E-state index contributed by atoms with van der Waals surface area (Å²) in [5, 5.41) is 2.79. The van der Waals surface area contributed by atoms with Gasteiger partial charge in [0, 0.05) is 32.5 Å². The van der Waals surface area contributed by atoms with Gasteiger partial charge in [-0.3, -0.25) is 9.52 Å². The molecule has 2 aromatic carbocycles. The molecule has 0 fully saturated rings. The number of methoxy groups -OCH3 is 1. The van der Waals surface area contributed by atoms with Crippen LogP contribution in [0.25, 0.3) is 0 Å². The summed E-state index contributed by atoms with van der Waals surface area (Å²) in [5.41, 5.74) is 0.595. The van der Waals surface area contributed by atoms with Crippen LogP contribution in [0.4, 0.5) is 5.69 Å². The van der Waals surface area contributed by atoms with Crippen LogP contribution < -0.4 is 14.8 Å². The number of anilines is 1. The van der Waals surface area contributed by atoms with Crippen molar-refractivity contribution in [1.29, 1.82) is 0 Å². The quantitative estimate of drug-likeness (QED) is 0.467. The van der Waals surface area contributed by atoms with Crippen LogP contribution in [0, 0.1) is 0 Å². The second-order valence-electron chi connectivity index (χ2n) is 6.51. The molecule has 8 nitrogen and oxygen atoms in total. The Morgan fingerprint density at radius 2 is 1.84 bits per heavy atom. The number of nitrogens with one attached hydrogen (secondary N) is 2. The minimum atomic E-state index is -3.74. The smallest absolute Gasteiger partial charge is 0.261 e. The van der Waals surface area contributed by atoms with Gasteiger partial charge in [0.1, 0.15) is 11.3 Å². The summed E-state index contributed by atoms with van der Waals surface area (Å²) in [6.45, 7) is 1.00. The monoisotopic (exact) mass is 441 g/mol. The van der Waals surface area contributed by atoms with Crippen molar-refractivity contribution in [3.05, 3.63) is 78.5 Å². The molecule has 162 valence electrons. The summed E-state index contributed by atoms with van der Waals surface area (Å²) in [6, 6.07) is 17.7. The van der Waals surface area contributed by atoms with E-state index in [4.69, 9.17) is 9.47 Å². The number of nitrogens with zero attached hydrogens (tertiary/aromatic N) is 1. The predicted octanol–water partition coefficient (Wildman–Crippen LogP) is 3.44. The highest BCUT2D eigenvalue weighted by Gasteiger charge is 2.16. The number of pyridine rings is 1. The zero-order valence-corrected chi connectivity index (χ0v) is 17.8. The highest BCUT2D eigenvalue weighted by Crippen LogP contribution is 2.26. The van der Waals surface area contributed by atoms with Crippen LogP contribution >= 0.6 is 0 Å². The van der Waals surface area contributed by atoms with Gasteiger partial charge in [0.15, 0.2) is 0 Å². The SMILES string of the molecule is COCCCNC(=O)c1cccnc1Oc1cccc(NS(=O)(=O)c2ccccc2)c1. The largest absolute Gasteiger partial charge is 0.438 e. The first-order valence-electron chi connectivity index (χ1n) is 9.57. The van der Waals surface area contributed by atoms with Crippen molar-refractivity contribution >= 4 is 21.6 Å². The highest BCUT2D eigenvalue weighted by atomic mass is 32.2. The third kappa shape index (κ3) is 6.27. The Bertz CT molecular complexity index is 1120. The number of sulfonamides is 1. The van der Waals surface area contributed by atoms with Gasteiger partial charge < -0.3 is 14.8 Å². The molecule has 0 aliphatic heterocycles. The molecule has 0 bridgehead atoms. The van der Waals surface area contributed by atoms with Crippen LogP contribution in [0.5, 0.6) is 11.6 Å². The van der Waals surface area contributed by atoms with Gasteiger partial charge in [-0.2, -0.15) is 0 Å². The van der Waals surface area contributed by atoms with Crippen molar-refractivity contribution in [2.24, 2.45) is 0 Å². The molecule has 1 heterocycles. The molecular formula is C22H23N3O5S. The number of aromatic nitrogens is 1. The van der Waals surface area contributed by atoms with E-state index in [0.29, 0.717) is 31.0 Å². The molecule has 0 aliphatic carbocycles. The highest BCUT2D eigenvalue weighted by molar-refractivity contribution is 7.92. The van der Waals surface area contributed by atoms with E-state index in [1.54, 1.807) is 55.6 Å². The van der Waals surface area contributed by atoms with Gasteiger partial charge in [0.05, 0.1) is 10.6 Å². The van der Waals surface area contributed by atoms with E-state index in [2.05, 4.69) is 15.0 Å². The fourth-order valence-electron chi connectivity index (χ4n) is 2.71. The Hall–Kier alpha value is -3.43. The maximum Gasteiger partial charge on any atom is 0.261 e. The summed E-state index contributed by atoms with van der Waals surface area (Å²) in [4.78, 5) is 16.8. The molecule has 0 atom stereocenters. The van der Waals surface area contributed by atoms with E-state index in [1.807, 2.05) is 0 Å². The zero-order valence-electron chi connectivity index (χ0n) is 16.9. The second-order valence-corrected chi connectivity index (χ2v) is 8.19. The number of hydrogen-bond donors (Lipinski definition) is 2. The second kappa shape index (κ2) is 10.6. The molecular weight excluding hydrogens is 418 g/mol. The van der Waals surface area contributed by atoms with Crippen LogP contribution in [0.15, 0.2) is 77.8 Å². The molecule has 0 saturated heterocycles. The molecule has 2 N–H and O–H groups in total. The van der Waals surface area contributed by atoms with E-state index in [1.165, 1.54) is 24.4 Å². The number of ether oxygens (including phenoxy) is 2. The fourth-order valence-corrected chi connectivity index (χ4v) is 3.78. The maximum atomic E-state index is 12.5. The molecule has 0 unspecified atom stereocenters. The minimum Gasteiger partial charge on any atom is -0.438 e. The van der Waals surface area contributed by atoms with Gasteiger partial charge in [0.2, 0.25) is 5.88 Å². The van der Waals surface area contributed by atoms with Crippen LogP contribution in [-0.2, 0) is 14.8 Å². The van der Waals surface area contributed by atoms with Crippen molar-refractivity contribution in [2.45, 2.75) is 11.3 Å². The van der Waals surface area contributed by atoms with Gasteiger partial charge in [0.25, 0.3) is 15.9 Å². The maximum absolute atomic E-state index is 12.5. The molecule has 1 aromatic heterocycles. The fraction of sp³-hybridized carbons (Fsp3) is 0.182. The lowest BCUT2D eigenvalue weighted by atomic mass is 10.2. The summed E-state index contributed by atoms with van der Waals surface area (Å²) in [5.74, 6) is 0.135. The standard InChI is InChI=1S/C22H23N3O5S/c1-29-15-7-14-23-21(26)20-12-6-13-24-22(20)30-18-9-5-8-17(16-18)25-31(27,28)19-10-3-2-4-11-19/h2-6,8-13,16,25H,7,14-15H2,1H3,(H,23,26). The Labute approximate surface area is 181 Å². The van der Waals surface area contributed by atoms with E-state index in [0.717, 1.165) is 0 Å². The molecule has 3 rings (SSSR count). The van der Waals surface area contributed by atoms with Gasteiger partial charge in [-0.25, -0.2) is 13.4 Å². The lowest BCUT2D eigenvalue weighted by Gasteiger charge is -2.12. The van der Waals surface area contributed by atoms with Crippen LogP contribution in [0.3, 0.4) is 0 Å². The third-order valence-electron chi connectivity index (χ3n) is 4.18. The molecule has 0 aliphatic rings. The Morgan fingerprint density at radius 3 is 2.61 bits per heavy atom. The normalized spacial score (nSPS) is 11.0. The van der Waals surface area contributed by atoms with Crippen LogP contribution in [0.2, 0.25) is 0 Å².